The molecule has 0 aliphatic rings. The molecule has 0 aromatic heterocycles. The van der Waals surface area contributed by atoms with Gasteiger partial charge in [-0.2, -0.15) is 0 Å². The molecule has 24 heavy (non-hydrogen) atoms. The van der Waals surface area contributed by atoms with Gasteiger partial charge in [-0.1, -0.05) is 0 Å². The molecular formula is C17H16F2N2O3. The van der Waals surface area contributed by atoms with Gasteiger partial charge in [0, 0.05) is 24.3 Å². The topological polar surface area (TPSA) is 67.4 Å². The molecule has 0 saturated heterocycles. The fourth-order valence-electron chi connectivity index (χ4n) is 1.96. The van der Waals surface area contributed by atoms with Gasteiger partial charge in [0.1, 0.15) is 0 Å². The average molecular weight is 334 g/mol. The normalized spacial score (nSPS) is 10.1. The molecule has 2 rings (SSSR count). The number of carbonyl (C=O) groups is 2. The Kier molecular flexibility index (Phi) is 5.83. The standard InChI is InChI=1S/C17H16F2N2O3/c1-24-17(23)11-2-4-12(5-3-11)21-16(22)8-9-20-13-6-7-14(18)15(19)10-13/h2-7,10,20H,8-9H2,1H3,(H,21,22). The van der Waals surface area contributed by atoms with Gasteiger partial charge in [0.05, 0.1) is 12.7 Å². The number of halogens is 2. The van der Waals surface area contributed by atoms with E-state index in [2.05, 4.69) is 15.4 Å². The predicted molar refractivity (Wildman–Crippen MR) is 85.9 cm³/mol. The molecule has 0 radical (unpaired) electrons. The lowest BCUT2D eigenvalue weighted by atomic mass is 10.2. The average Bonchev–Trinajstić information content (AvgIpc) is 2.58. The molecule has 0 spiro atoms. The van der Waals surface area contributed by atoms with Crippen LogP contribution in [0.4, 0.5) is 20.2 Å². The van der Waals surface area contributed by atoms with Crippen LogP contribution in [0.5, 0.6) is 0 Å². The van der Waals surface area contributed by atoms with Gasteiger partial charge in [-0.15, -0.1) is 0 Å². The summed E-state index contributed by atoms with van der Waals surface area (Å²) in [5.74, 6) is -2.58. The highest BCUT2D eigenvalue weighted by Crippen LogP contribution is 2.13. The summed E-state index contributed by atoms with van der Waals surface area (Å²) in [4.78, 5) is 23.1. The molecule has 0 aliphatic heterocycles. The van der Waals surface area contributed by atoms with E-state index in [1.54, 1.807) is 24.3 Å². The molecule has 0 fully saturated rings. The van der Waals surface area contributed by atoms with E-state index in [0.717, 1.165) is 12.1 Å². The highest BCUT2D eigenvalue weighted by atomic mass is 19.2. The van der Waals surface area contributed by atoms with Gasteiger partial charge >= 0.3 is 5.97 Å². The molecule has 126 valence electrons. The Morgan fingerprint density at radius 1 is 1.00 bits per heavy atom. The van der Waals surface area contributed by atoms with Crippen LogP contribution in [0.3, 0.4) is 0 Å². The van der Waals surface area contributed by atoms with Crippen molar-refractivity contribution in [3.8, 4) is 0 Å². The Morgan fingerprint density at radius 2 is 1.67 bits per heavy atom. The van der Waals surface area contributed by atoms with Crippen LogP contribution in [0, 0.1) is 11.6 Å². The van der Waals surface area contributed by atoms with Crippen LogP contribution in [0.1, 0.15) is 16.8 Å². The summed E-state index contributed by atoms with van der Waals surface area (Å²) in [6, 6.07) is 9.70. The van der Waals surface area contributed by atoms with Gasteiger partial charge in [0.15, 0.2) is 11.6 Å². The van der Waals surface area contributed by atoms with E-state index < -0.39 is 17.6 Å². The van der Waals surface area contributed by atoms with E-state index in [9.17, 15) is 18.4 Å². The molecule has 2 N–H and O–H groups in total. The van der Waals surface area contributed by atoms with Crippen LogP contribution in [0.25, 0.3) is 0 Å². The number of hydrogen-bond acceptors (Lipinski definition) is 4. The van der Waals surface area contributed by atoms with E-state index in [0.29, 0.717) is 16.9 Å². The van der Waals surface area contributed by atoms with Crippen LogP contribution in [-0.2, 0) is 9.53 Å². The molecule has 0 aliphatic carbocycles. The zero-order chi connectivity index (χ0) is 17.5. The maximum absolute atomic E-state index is 13.0. The molecule has 0 unspecified atom stereocenters. The maximum Gasteiger partial charge on any atom is 0.337 e. The Labute approximate surface area is 137 Å². The minimum absolute atomic E-state index is 0.137. The number of amides is 1. The molecule has 2 aromatic carbocycles. The minimum Gasteiger partial charge on any atom is -0.465 e. The van der Waals surface area contributed by atoms with Crippen molar-refractivity contribution in [2.75, 3.05) is 24.3 Å². The zero-order valence-corrected chi connectivity index (χ0v) is 12.9. The fourth-order valence-corrected chi connectivity index (χ4v) is 1.96. The Morgan fingerprint density at radius 3 is 2.29 bits per heavy atom. The van der Waals surface area contributed by atoms with Crippen molar-refractivity contribution in [3.05, 3.63) is 59.7 Å². The second kappa shape index (κ2) is 8.05. The van der Waals surface area contributed by atoms with Crippen molar-refractivity contribution >= 4 is 23.3 Å². The van der Waals surface area contributed by atoms with Crippen LogP contribution < -0.4 is 10.6 Å². The highest BCUT2D eigenvalue weighted by Gasteiger charge is 2.07. The summed E-state index contributed by atoms with van der Waals surface area (Å²) >= 11 is 0. The van der Waals surface area contributed by atoms with Crippen LogP contribution in [0.2, 0.25) is 0 Å². The number of rotatable bonds is 6. The Bertz CT molecular complexity index is 733. The summed E-state index contributed by atoms with van der Waals surface area (Å²) in [6.07, 6.45) is 0.137. The summed E-state index contributed by atoms with van der Waals surface area (Å²) in [5.41, 5.74) is 1.32. The van der Waals surface area contributed by atoms with Crippen LogP contribution in [-0.4, -0.2) is 25.5 Å². The quantitative estimate of drug-likeness (QED) is 0.796. The molecule has 0 saturated carbocycles. The van der Waals surface area contributed by atoms with E-state index in [-0.39, 0.29) is 18.9 Å². The largest absolute Gasteiger partial charge is 0.465 e. The number of ether oxygens (including phenoxy) is 1. The van der Waals surface area contributed by atoms with Crippen molar-refractivity contribution in [1.82, 2.24) is 0 Å². The first kappa shape index (κ1) is 17.4. The summed E-state index contributed by atoms with van der Waals surface area (Å²) in [5, 5.41) is 5.50. The van der Waals surface area contributed by atoms with Gasteiger partial charge in [0.2, 0.25) is 5.91 Å². The summed E-state index contributed by atoms with van der Waals surface area (Å²) in [6.45, 7) is 0.261. The second-order valence-corrected chi connectivity index (χ2v) is 4.92. The van der Waals surface area contributed by atoms with E-state index in [1.807, 2.05) is 0 Å². The lowest BCUT2D eigenvalue weighted by Gasteiger charge is -2.08. The number of benzene rings is 2. The molecule has 2 aromatic rings. The summed E-state index contributed by atoms with van der Waals surface area (Å²) < 4.78 is 30.4. The smallest absolute Gasteiger partial charge is 0.337 e. The van der Waals surface area contributed by atoms with Crippen molar-refractivity contribution in [2.24, 2.45) is 0 Å². The first-order chi connectivity index (χ1) is 11.5. The van der Waals surface area contributed by atoms with E-state index in [4.69, 9.17) is 0 Å². The second-order valence-electron chi connectivity index (χ2n) is 4.92. The predicted octanol–water partition coefficient (Wildman–Crippen LogP) is 3.19. The van der Waals surface area contributed by atoms with Crippen molar-refractivity contribution in [2.45, 2.75) is 6.42 Å². The third-order valence-electron chi connectivity index (χ3n) is 3.19. The third kappa shape index (κ3) is 4.77. The Balaban J connectivity index is 1.80. The highest BCUT2D eigenvalue weighted by molar-refractivity contribution is 5.93. The van der Waals surface area contributed by atoms with Crippen molar-refractivity contribution < 1.29 is 23.1 Å². The third-order valence-corrected chi connectivity index (χ3v) is 3.19. The first-order valence-electron chi connectivity index (χ1n) is 7.17. The Hall–Kier alpha value is -2.96. The number of carbonyl (C=O) groups excluding carboxylic acids is 2. The number of anilines is 2. The van der Waals surface area contributed by atoms with Gasteiger partial charge in [-0.05, 0) is 42.5 Å². The first-order valence-corrected chi connectivity index (χ1v) is 7.17. The van der Waals surface area contributed by atoms with Gasteiger partial charge in [-0.3, -0.25) is 4.79 Å². The molecule has 0 atom stereocenters. The molecule has 0 heterocycles. The van der Waals surface area contributed by atoms with Gasteiger partial charge in [-0.25, -0.2) is 13.6 Å². The molecule has 1 amide bonds. The lowest BCUT2D eigenvalue weighted by molar-refractivity contribution is -0.115. The number of hydrogen-bond donors (Lipinski definition) is 2. The molecule has 7 heteroatoms. The lowest BCUT2D eigenvalue weighted by Crippen LogP contribution is -2.16. The maximum atomic E-state index is 13.0. The monoisotopic (exact) mass is 334 g/mol. The van der Waals surface area contributed by atoms with E-state index in [1.165, 1.54) is 13.2 Å². The molecule has 5 nitrogen and oxygen atoms in total. The molecular weight excluding hydrogens is 318 g/mol. The fraction of sp³-hybridized carbons (Fsp3) is 0.176. The van der Waals surface area contributed by atoms with Crippen molar-refractivity contribution in [3.63, 3.8) is 0 Å². The van der Waals surface area contributed by atoms with Gasteiger partial charge in [0.25, 0.3) is 0 Å². The minimum atomic E-state index is -0.949. The number of nitrogens with one attached hydrogen (secondary N) is 2. The number of methoxy groups -OCH3 is 1. The zero-order valence-electron chi connectivity index (χ0n) is 12.9. The van der Waals surface area contributed by atoms with Gasteiger partial charge < -0.3 is 15.4 Å². The number of esters is 1. The molecule has 0 bridgehead atoms. The summed E-state index contributed by atoms with van der Waals surface area (Å²) in [7, 11) is 1.29. The van der Waals surface area contributed by atoms with Crippen LogP contribution in [0.15, 0.2) is 42.5 Å². The van der Waals surface area contributed by atoms with E-state index >= 15 is 0 Å². The van der Waals surface area contributed by atoms with Crippen LogP contribution >= 0.6 is 0 Å². The van der Waals surface area contributed by atoms with Crippen molar-refractivity contribution in [1.29, 1.82) is 0 Å². The SMILES string of the molecule is COC(=O)c1ccc(NC(=O)CCNc2ccc(F)c(F)c2)cc1.